The summed E-state index contributed by atoms with van der Waals surface area (Å²) < 4.78 is 13.3. The summed E-state index contributed by atoms with van der Waals surface area (Å²) in [6.07, 6.45) is 0. The van der Waals surface area contributed by atoms with Crippen LogP contribution in [-0.2, 0) is 0 Å². The maximum Gasteiger partial charge on any atom is 0.130 e. The number of nitriles is 1. The van der Waals surface area contributed by atoms with Gasteiger partial charge in [-0.15, -0.1) is 0 Å². The molecule has 0 saturated carbocycles. The third-order valence-electron chi connectivity index (χ3n) is 2.17. The van der Waals surface area contributed by atoms with Gasteiger partial charge in [0.25, 0.3) is 0 Å². The van der Waals surface area contributed by atoms with Gasteiger partial charge in [-0.2, -0.15) is 10.8 Å². The van der Waals surface area contributed by atoms with Crippen LogP contribution in [0.5, 0.6) is 0 Å². The number of hydrazine groups is 2. The van der Waals surface area contributed by atoms with Gasteiger partial charge in [-0.1, -0.05) is 18.2 Å². The number of hydrogen-bond acceptors (Lipinski definition) is 4. The van der Waals surface area contributed by atoms with E-state index in [-0.39, 0.29) is 11.9 Å². The fourth-order valence-corrected chi connectivity index (χ4v) is 1.46. The Morgan fingerprint density at radius 3 is 2.79 bits per heavy atom. The molecule has 14 heavy (non-hydrogen) atoms. The predicted octanol–water partition coefficient (Wildman–Crippen LogP) is 0.371. The van der Waals surface area contributed by atoms with Gasteiger partial charge in [-0.05, 0) is 6.07 Å². The Morgan fingerprint density at radius 2 is 2.07 bits per heavy atom. The molecular weight excluding hydrogens is 183 g/mol. The molecule has 1 aromatic carbocycles. The molecule has 2 atom stereocenters. The van der Waals surface area contributed by atoms with Gasteiger partial charge in [-0.3, -0.25) is 0 Å². The Kier molecular flexibility index (Phi) is 2.41. The number of halogens is 1. The summed E-state index contributed by atoms with van der Waals surface area (Å²) in [5.41, 5.74) is 8.58. The Labute approximate surface area is 80.7 Å². The first-order valence-electron chi connectivity index (χ1n) is 4.23. The molecule has 5 heteroatoms. The lowest BCUT2D eigenvalue weighted by Crippen LogP contribution is -2.32. The third kappa shape index (κ3) is 1.46. The third-order valence-corrected chi connectivity index (χ3v) is 2.17. The Morgan fingerprint density at radius 1 is 1.29 bits per heavy atom. The summed E-state index contributed by atoms with van der Waals surface area (Å²) in [5, 5.41) is 8.77. The minimum Gasteiger partial charge on any atom is -0.234 e. The molecule has 1 aliphatic rings. The molecule has 0 aliphatic carbocycles. The van der Waals surface area contributed by atoms with Crippen molar-refractivity contribution in [2.75, 3.05) is 0 Å². The van der Waals surface area contributed by atoms with Gasteiger partial charge >= 0.3 is 0 Å². The van der Waals surface area contributed by atoms with E-state index in [0.717, 1.165) is 0 Å². The molecule has 2 unspecified atom stereocenters. The van der Waals surface area contributed by atoms with Crippen molar-refractivity contribution in [1.82, 2.24) is 16.4 Å². The van der Waals surface area contributed by atoms with Gasteiger partial charge in [0.2, 0.25) is 0 Å². The van der Waals surface area contributed by atoms with Crippen molar-refractivity contribution in [2.45, 2.75) is 12.1 Å². The average molecular weight is 192 g/mol. The van der Waals surface area contributed by atoms with Crippen LogP contribution in [0.1, 0.15) is 11.6 Å². The fourth-order valence-electron chi connectivity index (χ4n) is 1.46. The van der Waals surface area contributed by atoms with Crippen molar-refractivity contribution in [3.05, 3.63) is 35.6 Å². The second-order valence-corrected chi connectivity index (χ2v) is 3.02. The monoisotopic (exact) mass is 192 g/mol. The highest BCUT2D eigenvalue weighted by Crippen LogP contribution is 2.20. The lowest BCUT2D eigenvalue weighted by molar-refractivity contribution is 0.526. The largest absolute Gasteiger partial charge is 0.234 e. The van der Waals surface area contributed by atoms with Gasteiger partial charge in [0.05, 0.1) is 12.1 Å². The van der Waals surface area contributed by atoms with Crippen LogP contribution in [0, 0.1) is 17.1 Å². The van der Waals surface area contributed by atoms with Crippen molar-refractivity contribution in [3.63, 3.8) is 0 Å². The van der Waals surface area contributed by atoms with Gasteiger partial charge in [0.1, 0.15) is 11.9 Å². The predicted molar refractivity (Wildman–Crippen MR) is 47.9 cm³/mol. The molecule has 2 rings (SSSR count). The fraction of sp³-hybridized carbons (Fsp3) is 0.222. The summed E-state index contributed by atoms with van der Waals surface area (Å²) >= 11 is 0. The minimum absolute atomic E-state index is 0.309. The number of rotatable bonds is 1. The lowest BCUT2D eigenvalue weighted by Gasteiger charge is -2.12. The molecular formula is C9H9FN4. The van der Waals surface area contributed by atoms with Crippen LogP contribution >= 0.6 is 0 Å². The maximum atomic E-state index is 13.3. The molecule has 1 saturated heterocycles. The normalized spacial score (nSPS) is 26.0. The number of nitrogens with zero attached hydrogens (tertiary/aromatic N) is 1. The van der Waals surface area contributed by atoms with Gasteiger partial charge in [0, 0.05) is 5.56 Å². The van der Waals surface area contributed by atoms with E-state index >= 15 is 0 Å². The van der Waals surface area contributed by atoms with Crippen LogP contribution in [0.3, 0.4) is 0 Å². The van der Waals surface area contributed by atoms with Crippen LogP contribution in [0.4, 0.5) is 4.39 Å². The minimum atomic E-state index is -0.466. The summed E-state index contributed by atoms with van der Waals surface area (Å²) in [6, 6.07) is 7.61. The molecule has 1 fully saturated rings. The molecule has 4 nitrogen and oxygen atoms in total. The first-order chi connectivity index (χ1) is 6.83. The Balaban J connectivity index is 2.31. The van der Waals surface area contributed by atoms with Gasteiger partial charge in [0.15, 0.2) is 0 Å². The zero-order chi connectivity index (χ0) is 9.97. The highest BCUT2D eigenvalue weighted by Gasteiger charge is 2.29. The van der Waals surface area contributed by atoms with Crippen LogP contribution in [0.15, 0.2) is 24.3 Å². The molecule has 1 aromatic rings. The first kappa shape index (κ1) is 9.09. The molecule has 0 bridgehead atoms. The summed E-state index contributed by atoms with van der Waals surface area (Å²) in [6.45, 7) is 0. The van der Waals surface area contributed by atoms with Crippen LogP contribution in [0.25, 0.3) is 0 Å². The molecule has 1 heterocycles. The van der Waals surface area contributed by atoms with Crippen molar-refractivity contribution >= 4 is 0 Å². The van der Waals surface area contributed by atoms with E-state index in [9.17, 15) is 4.39 Å². The van der Waals surface area contributed by atoms with Gasteiger partial charge < -0.3 is 0 Å². The van der Waals surface area contributed by atoms with E-state index in [0.29, 0.717) is 5.56 Å². The molecule has 0 radical (unpaired) electrons. The maximum absolute atomic E-state index is 13.3. The lowest BCUT2D eigenvalue weighted by atomic mass is 10.0. The van der Waals surface area contributed by atoms with Gasteiger partial charge in [-0.25, -0.2) is 15.2 Å². The van der Waals surface area contributed by atoms with Crippen molar-refractivity contribution < 1.29 is 4.39 Å². The number of nitrogens with one attached hydrogen (secondary N) is 3. The molecule has 1 aliphatic heterocycles. The Bertz CT molecular complexity index is 373. The molecule has 0 spiro atoms. The molecule has 72 valence electrons. The average Bonchev–Trinajstić information content (AvgIpc) is 2.66. The van der Waals surface area contributed by atoms with Crippen molar-refractivity contribution in [2.24, 2.45) is 0 Å². The number of benzene rings is 1. The highest BCUT2D eigenvalue weighted by atomic mass is 19.1. The SMILES string of the molecule is N#CC1NNNC1c1ccccc1F. The van der Waals surface area contributed by atoms with Crippen LogP contribution < -0.4 is 16.4 Å². The summed E-state index contributed by atoms with van der Waals surface area (Å²) in [4.78, 5) is 0. The van der Waals surface area contributed by atoms with Crippen molar-refractivity contribution in [3.8, 4) is 6.07 Å². The van der Waals surface area contributed by atoms with E-state index < -0.39 is 6.04 Å². The smallest absolute Gasteiger partial charge is 0.130 e. The Hall–Kier alpha value is -1.48. The summed E-state index contributed by atoms with van der Waals surface area (Å²) in [5.74, 6) is -0.309. The number of hydrogen-bond donors (Lipinski definition) is 3. The molecule has 0 aromatic heterocycles. The molecule has 3 N–H and O–H groups in total. The zero-order valence-corrected chi connectivity index (χ0v) is 7.29. The quantitative estimate of drug-likeness (QED) is 0.601. The van der Waals surface area contributed by atoms with E-state index in [4.69, 9.17) is 5.26 Å². The summed E-state index contributed by atoms with van der Waals surface area (Å²) in [7, 11) is 0. The second-order valence-electron chi connectivity index (χ2n) is 3.02. The molecule has 0 amide bonds. The highest BCUT2D eigenvalue weighted by molar-refractivity contribution is 5.25. The van der Waals surface area contributed by atoms with E-state index in [1.807, 2.05) is 6.07 Å². The van der Waals surface area contributed by atoms with E-state index in [2.05, 4.69) is 16.4 Å². The zero-order valence-electron chi connectivity index (χ0n) is 7.29. The van der Waals surface area contributed by atoms with Crippen LogP contribution in [0.2, 0.25) is 0 Å². The standard InChI is InChI=1S/C9H9FN4/c10-7-4-2-1-3-6(7)9-8(5-11)12-14-13-9/h1-4,8-9,12-14H. The van der Waals surface area contributed by atoms with E-state index in [1.54, 1.807) is 18.2 Å². The first-order valence-corrected chi connectivity index (χ1v) is 4.23. The van der Waals surface area contributed by atoms with Crippen LogP contribution in [-0.4, -0.2) is 6.04 Å². The topological polar surface area (TPSA) is 59.9 Å². The second kappa shape index (κ2) is 3.72. The van der Waals surface area contributed by atoms with E-state index in [1.165, 1.54) is 6.07 Å². The van der Waals surface area contributed by atoms with Crippen molar-refractivity contribution in [1.29, 1.82) is 5.26 Å².